The number of benzene rings is 1. The van der Waals surface area contributed by atoms with Gasteiger partial charge in [-0.1, -0.05) is 60.6 Å². The van der Waals surface area contributed by atoms with Gasteiger partial charge in [-0.15, -0.1) is 0 Å². The minimum absolute atomic E-state index is 0. The number of alkyl halides is 1. The molecule has 5 aliphatic carbocycles. The van der Waals surface area contributed by atoms with Crippen molar-refractivity contribution in [3.63, 3.8) is 0 Å². The van der Waals surface area contributed by atoms with Crippen molar-refractivity contribution in [1.82, 2.24) is 10.2 Å². The van der Waals surface area contributed by atoms with Crippen molar-refractivity contribution in [2.24, 2.45) is 62.6 Å². The molecule has 1 aliphatic heterocycles. The second-order valence-corrected chi connectivity index (χ2v) is 22.3. The van der Waals surface area contributed by atoms with E-state index in [9.17, 15) is 18.0 Å². The van der Waals surface area contributed by atoms with Crippen LogP contribution in [0.1, 0.15) is 122 Å². The zero-order valence-electron chi connectivity index (χ0n) is 35.8. The third-order valence-electron chi connectivity index (χ3n) is 17.4. The molecule has 0 aromatic heterocycles. The predicted molar refractivity (Wildman–Crippen MR) is 215 cm³/mol. The van der Waals surface area contributed by atoms with Crippen LogP contribution in [0.2, 0.25) is 0 Å². The minimum Gasteiger partial charge on any atom is -0.870 e. The van der Waals surface area contributed by atoms with Crippen LogP contribution in [0.25, 0.3) is 5.57 Å². The van der Waals surface area contributed by atoms with E-state index in [1.54, 1.807) is 12.1 Å². The van der Waals surface area contributed by atoms with E-state index in [1.807, 2.05) is 18.2 Å². The topological polar surface area (TPSA) is 123 Å². The van der Waals surface area contributed by atoms with E-state index >= 15 is 4.39 Å². The first-order valence-electron chi connectivity index (χ1n) is 21.1. The normalized spacial score (nSPS) is 39.6. The molecule has 1 unspecified atom stereocenters. The maximum absolute atomic E-state index is 17.4. The van der Waals surface area contributed by atoms with E-state index < -0.39 is 21.4 Å². The van der Waals surface area contributed by atoms with Crippen molar-refractivity contribution in [1.29, 1.82) is 0 Å². The van der Waals surface area contributed by atoms with E-state index in [0.29, 0.717) is 48.9 Å². The van der Waals surface area contributed by atoms with Crippen molar-refractivity contribution in [3.8, 4) is 0 Å². The molecule has 1 heterocycles. The SMILES string of the molecule is COC(=O)c1ccc(C2=CC(F)[C@]3(C)[C@H]4CC[C@@H]5[C@H]6[C@H](C(C)C)CC[C@]6(C(=O)NCCCN6CCS(=O)(=O)CC6)CC[C@@]5(C)[C@]4(C)CC[C@H]3C2(C)C)cc1.[Na+].[OH-]. The number of hydrogen-bond donors (Lipinski definition) is 1. The second kappa shape index (κ2) is 16.3. The Labute approximate surface area is 358 Å². The first-order chi connectivity index (χ1) is 25.4. The summed E-state index contributed by atoms with van der Waals surface area (Å²) in [7, 11) is -1.52. The summed E-state index contributed by atoms with van der Waals surface area (Å²) in [5.41, 5.74) is 1.40. The van der Waals surface area contributed by atoms with Gasteiger partial charge in [-0.25, -0.2) is 17.6 Å². The Morgan fingerprint density at radius 2 is 1.57 bits per heavy atom. The summed E-state index contributed by atoms with van der Waals surface area (Å²) in [6.45, 7) is 19.3. The van der Waals surface area contributed by atoms with Crippen molar-refractivity contribution >= 4 is 27.3 Å². The summed E-state index contributed by atoms with van der Waals surface area (Å²) < 4.78 is 46.0. The Morgan fingerprint density at radius 3 is 2.20 bits per heavy atom. The quantitative estimate of drug-likeness (QED) is 0.218. The second-order valence-electron chi connectivity index (χ2n) is 20.0. The molecule has 2 N–H and O–H groups in total. The molecule has 0 spiro atoms. The number of nitrogens with zero attached hydrogens (tertiary/aromatic N) is 1. The van der Waals surface area contributed by atoms with Crippen LogP contribution >= 0.6 is 0 Å². The summed E-state index contributed by atoms with van der Waals surface area (Å²) in [4.78, 5) is 28.9. The number of allylic oxidation sites excluding steroid dienone is 2. The van der Waals surface area contributed by atoms with Crippen LogP contribution in [0, 0.1) is 62.6 Å². The number of nitrogens with one attached hydrogen (secondary N) is 1. The Morgan fingerprint density at radius 1 is 0.911 bits per heavy atom. The number of rotatable bonds is 8. The van der Waals surface area contributed by atoms with Crippen LogP contribution in [0.3, 0.4) is 0 Å². The first-order valence-corrected chi connectivity index (χ1v) is 22.9. The van der Waals surface area contributed by atoms with Gasteiger partial charge < -0.3 is 20.4 Å². The van der Waals surface area contributed by atoms with Gasteiger partial charge in [0.2, 0.25) is 5.91 Å². The number of methoxy groups -OCH3 is 1. The van der Waals surface area contributed by atoms with Crippen LogP contribution < -0.4 is 34.9 Å². The Kier molecular flexibility index (Phi) is 13.3. The van der Waals surface area contributed by atoms with Crippen molar-refractivity contribution in [2.45, 2.75) is 112 Å². The van der Waals surface area contributed by atoms with Crippen LogP contribution in [0.15, 0.2) is 30.3 Å². The van der Waals surface area contributed by atoms with E-state index in [0.717, 1.165) is 75.5 Å². The first kappa shape index (κ1) is 45.8. The Bertz CT molecular complexity index is 1750. The minimum atomic E-state index is -2.90. The summed E-state index contributed by atoms with van der Waals surface area (Å²) in [5, 5.41) is 3.43. The van der Waals surface area contributed by atoms with E-state index in [1.165, 1.54) is 7.11 Å². The molecule has 5 fully saturated rings. The van der Waals surface area contributed by atoms with Gasteiger partial charge in [0, 0.05) is 25.0 Å². The third-order valence-corrected chi connectivity index (χ3v) is 19.0. The molecule has 10 atom stereocenters. The molecule has 7 rings (SSSR count). The number of carbonyl (C=O) groups excluding carboxylic acids is 2. The summed E-state index contributed by atoms with van der Waals surface area (Å²) in [5.74, 6) is 2.52. The number of halogens is 1. The number of esters is 1. The zero-order chi connectivity index (χ0) is 39.1. The number of hydrogen-bond acceptors (Lipinski definition) is 7. The number of carbonyl (C=O) groups is 2. The number of ether oxygens (including phenoxy) is 1. The average molecular weight is 807 g/mol. The summed E-state index contributed by atoms with van der Waals surface area (Å²) >= 11 is 0. The van der Waals surface area contributed by atoms with Gasteiger partial charge in [0.1, 0.15) is 6.17 Å². The van der Waals surface area contributed by atoms with Crippen molar-refractivity contribution in [3.05, 3.63) is 41.5 Å². The third kappa shape index (κ3) is 7.12. The summed E-state index contributed by atoms with van der Waals surface area (Å²) in [6.07, 6.45) is 9.76. The molecular weight excluding hydrogens is 739 g/mol. The maximum atomic E-state index is 17.4. The molecule has 1 aromatic carbocycles. The van der Waals surface area contributed by atoms with Crippen LogP contribution in [-0.2, 0) is 19.4 Å². The molecule has 4 saturated carbocycles. The molecule has 8 nitrogen and oxygen atoms in total. The van der Waals surface area contributed by atoms with Gasteiger partial charge in [0.15, 0.2) is 9.84 Å². The van der Waals surface area contributed by atoms with Crippen molar-refractivity contribution < 1.29 is 62.2 Å². The molecule has 1 saturated heterocycles. The smallest absolute Gasteiger partial charge is 0.870 e. The fourth-order valence-electron chi connectivity index (χ4n) is 14.3. The van der Waals surface area contributed by atoms with Gasteiger partial charge >= 0.3 is 35.5 Å². The van der Waals surface area contributed by atoms with E-state index in [-0.39, 0.29) is 91.9 Å². The summed E-state index contributed by atoms with van der Waals surface area (Å²) in [6, 6.07) is 7.49. The average Bonchev–Trinajstić information content (AvgIpc) is 3.54. The van der Waals surface area contributed by atoms with Gasteiger partial charge in [-0.2, -0.15) is 0 Å². The molecule has 1 aromatic rings. The van der Waals surface area contributed by atoms with Gasteiger partial charge in [-0.3, -0.25) is 4.79 Å². The number of amides is 1. The molecule has 308 valence electrons. The monoisotopic (exact) mass is 806 g/mol. The fourth-order valence-corrected chi connectivity index (χ4v) is 15.6. The Balaban J connectivity index is 0.00000300. The number of sulfone groups is 1. The van der Waals surface area contributed by atoms with E-state index in [4.69, 9.17) is 4.74 Å². The van der Waals surface area contributed by atoms with Gasteiger partial charge in [0.25, 0.3) is 0 Å². The van der Waals surface area contributed by atoms with Crippen molar-refractivity contribution in [2.75, 3.05) is 44.8 Å². The van der Waals surface area contributed by atoms with E-state index in [2.05, 4.69) is 58.7 Å². The number of fused-ring (bicyclic) bond motifs is 7. The van der Waals surface area contributed by atoms with Crippen LogP contribution in [0.5, 0.6) is 0 Å². The molecular formula is C45H68FN2NaO6S. The van der Waals surface area contributed by atoms with Crippen LogP contribution in [0.4, 0.5) is 4.39 Å². The largest absolute Gasteiger partial charge is 1.00 e. The van der Waals surface area contributed by atoms with Gasteiger partial charge in [0.05, 0.1) is 29.6 Å². The molecule has 56 heavy (non-hydrogen) atoms. The molecule has 0 bridgehead atoms. The maximum Gasteiger partial charge on any atom is 1.00 e. The standard InChI is InChI=1S/C45H67FN2O5S.Na.H2O/c1-29(2)32-16-19-45(40(50)47-22-9-23-48-24-26-54(51,52)27-25-48)21-20-42(5)33(38(32)45)14-15-36-43(42,6)18-17-35-41(3,4)34(28-37(46)44(35,36)7)30-10-12-31(13-11-30)39(49)53-8;;/h10-13,28-29,32-33,35-38H,9,14-27H2,1-8H3,(H,47,50);;1H2/q;+1;/p-1/t32-,33+,35-,36-,37?,38+,42+,43+,44-,45-;;/m0../s1. The Hall–Kier alpha value is -1.30. The molecule has 1 amide bonds. The predicted octanol–water partition coefficient (Wildman–Crippen LogP) is 5.22. The molecule has 0 radical (unpaired) electrons. The molecule has 11 heteroatoms. The molecule has 6 aliphatic rings. The fraction of sp³-hybridized carbons (Fsp3) is 0.778. The zero-order valence-corrected chi connectivity index (χ0v) is 38.6. The van der Waals surface area contributed by atoms with Crippen LogP contribution in [-0.4, -0.2) is 81.6 Å². The van der Waals surface area contributed by atoms with Gasteiger partial charge in [-0.05, 0) is 145 Å².